The lowest BCUT2D eigenvalue weighted by Crippen LogP contribution is -1.90. The van der Waals surface area contributed by atoms with E-state index in [9.17, 15) is 5.11 Å². The summed E-state index contributed by atoms with van der Waals surface area (Å²) in [5.74, 6) is 1.09. The van der Waals surface area contributed by atoms with E-state index in [4.69, 9.17) is 15.7 Å². The van der Waals surface area contributed by atoms with E-state index in [1.165, 1.54) is 6.07 Å². The van der Waals surface area contributed by atoms with Crippen molar-refractivity contribution in [3.05, 3.63) is 54.2 Å². The molecule has 1 heterocycles. The SMILES string of the molecule is N#Cc1cc2c(Oc3ccc(N)cc3)ccnc2cc1O. The fraction of sp³-hybridized carbons (Fsp3) is 0. The Labute approximate surface area is 120 Å². The van der Waals surface area contributed by atoms with Gasteiger partial charge in [-0.15, -0.1) is 0 Å². The molecule has 0 aliphatic carbocycles. The van der Waals surface area contributed by atoms with Crippen LogP contribution in [0.4, 0.5) is 5.69 Å². The number of anilines is 1. The number of aromatic hydroxyl groups is 1. The van der Waals surface area contributed by atoms with E-state index >= 15 is 0 Å². The van der Waals surface area contributed by atoms with Crippen LogP contribution in [0.3, 0.4) is 0 Å². The number of nitriles is 1. The van der Waals surface area contributed by atoms with Crippen molar-refractivity contribution in [2.75, 3.05) is 5.73 Å². The van der Waals surface area contributed by atoms with Gasteiger partial charge in [0, 0.05) is 23.3 Å². The van der Waals surface area contributed by atoms with Crippen molar-refractivity contribution in [1.29, 1.82) is 5.26 Å². The van der Waals surface area contributed by atoms with E-state index in [-0.39, 0.29) is 11.3 Å². The number of phenolic OH excluding ortho intramolecular Hbond substituents is 1. The van der Waals surface area contributed by atoms with Crippen LogP contribution in [0.5, 0.6) is 17.2 Å². The van der Waals surface area contributed by atoms with Crippen molar-refractivity contribution < 1.29 is 9.84 Å². The standard InChI is InChI=1S/C16H11N3O2/c17-9-10-7-13-14(8-15(10)20)19-6-5-16(13)21-12-3-1-11(18)2-4-12/h1-8,20H,18H2. The average molecular weight is 277 g/mol. The Hall–Kier alpha value is -3.26. The second-order valence-corrected chi connectivity index (χ2v) is 4.48. The second-order valence-electron chi connectivity index (χ2n) is 4.48. The molecule has 3 rings (SSSR count). The molecule has 1 aromatic heterocycles. The first-order valence-electron chi connectivity index (χ1n) is 6.22. The van der Waals surface area contributed by atoms with Gasteiger partial charge in [0.15, 0.2) is 0 Å². The van der Waals surface area contributed by atoms with E-state index < -0.39 is 0 Å². The van der Waals surface area contributed by atoms with Crippen LogP contribution >= 0.6 is 0 Å². The number of nitrogen functional groups attached to an aromatic ring is 1. The van der Waals surface area contributed by atoms with Gasteiger partial charge >= 0.3 is 0 Å². The fourth-order valence-electron chi connectivity index (χ4n) is 2.00. The summed E-state index contributed by atoms with van der Waals surface area (Å²) >= 11 is 0. The summed E-state index contributed by atoms with van der Waals surface area (Å²) in [4.78, 5) is 4.16. The highest BCUT2D eigenvalue weighted by Gasteiger charge is 2.09. The Morgan fingerprint density at radius 3 is 2.62 bits per heavy atom. The van der Waals surface area contributed by atoms with Crippen molar-refractivity contribution in [3.63, 3.8) is 0 Å². The minimum absolute atomic E-state index is 0.0952. The first kappa shape index (κ1) is 12.8. The molecule has 0 amide bonds. The first-order valence-corrected chi connectivity index (χ1v) is 6.22. The lowest BCUT2D eigenvalue weighted by Gasteiger charge is -2.09. The largest absolute Gasteiger partial charge is 0.506 e. The zero-order valence-corrected chi connectivity index (χ0v) is 10.9. The number of aromatic nitrogens is 1. The van der Waals surface area contributed by atoms with Crippen molar-refractivity contribution in [2.45, 2.75) is 0 Å². The first-order chi connectivity index (χ1) is 10.2. The third-order valence-electron chi connectivity index (χ3n) is 3.05. The number of benzene rings is 2. The molecule has 102 valence electrons. The summed E-state index contributed by atoms with van der Waals surface area (Å²) in [6.45, 7) is 0. The molecule has 0 atom stereocenters. The summed E-state index contributed by atoms with van der Waals surface area (Å²) in [6.07, 6.45) is 1.58. The number of fused-ring (bicyclic) bond motifs is 1. The summed E-state index contributed by atoms with van der Waals surface area (Å²) in [5, 5.41) is 19.4. The zero-order chi connectivity index (χ0) is 14.8. The third-order valence-corrected chi connectivity index (χ3v) is 3.05. The van der Waals surface area contributed by atoms with Gasteiger partial charge < -0.3 is 15.6 Å². The maximum atomic E-state index is 9.70. The lowest BCUT2D eigenvalue weighted by atomic mass is 10.1. The molecule has 0 unspecified atom stereocenters. The summed E-state index contributed by atoms with van der Waals surface area (Å²) < 4.78 is 5.80. The van der Waals surface area contributed by atoms with Crippen LogP contribution in [0.25, 0.3) is 10.9 Å². The van der Waals surface area contributed by atoms with Gasteiger partial charge in [-0.3, -0.25) is 4.98 Å². The molecule has 5 heteroatoms. The quantitative estimate of drug-likeness (QED) is 0.702. The second kappa shape index (κ2) is 5.02. The van der Waals surface area contributed by atoms with Gasteiger partial charge in [-0.1, -0.05) is 0 Å². The van der Waals surface area contributed by atoms with Crippen LogP contribution in [-0.2, 0) is 0 Å². The molecular formula is C16H11N3O2. The molecule has 0 radical (unpaired) electrons. The summed E-state index contributed by atoms with van der Waals surface area (Å²) in [7, 11) is 0. The molecular weight excluding hydrogens is 266 g/mol. The van der Waals surface area contributed by atoms with Gasteiger partial charge in [0.05, 0.1) is 11.1 Å². The Bertz CT molecular complexity index is 852. The van der Waals surface area contributed by atoms with E-state index in [0.29, 0.717) is 28.1 Å². The van der Waals surface area contributed by atoms with Gasteiger partial charge in [-0.2, -0.15) is 5.26 Å². The number of nitrogens with two attached hydrogens (primary N) is 1. The molecule has 0 aliphatic heterocycles. The van der Waals surface area contributed by atoms with Crippen LogP contribution in [0.2, 0.25) is 0 Å². The van der Waals surface area contributed by atoms with E-state index in [1.807, 2.05) is 6.07 Å². The number of phenols is 1. The van der Waals surface area contributed by atoms with Gasteiger partial charge in [0.2, 0.25) is 0 Å². The van der Waals surface area contributed by atoms with Gasteiger partial charge in [-0.25, -0.2) is 0 Å². The molecule has 0 saturated heterocycles. The van der Waals surface area contributed by atoms with Crippen molar-refractivity contribution >= 4 is 16.6 Å². The van der Waals surface area contributed by atoms with Gasteiger partial charge in [-0.05, 0) is 36.4 Å². The topological polar surface area (TPSA) is 92.2 Å². The minimum atomic E-state index is -0.0952. The predicted molar refractivity (Wildman–Crippen MR) is 79.1 cm³/mol. The van der Waals surface area contributed by atoms with Gasteiger partial charge in [0.25, 0.3) is 0 Å². The molecule has 21 heavy (non-hydrogen) atoms. The highest BCUT2D eigenvalue weighted by atomic mass is 16.5. The number of rotatable bonds is 2. The highest BCUT2D eigenvalue weighted by Crippen LogP contribution is 2.32. The smallest absolute Gasteiger partial charge is 0.138 e. The number of nitrogens with zero attached hydrogens (tertiary/aromatic N) is 2. The molecule has 2 aromatic carbocycles. The highest BCUT2D eigenvalue weighted by molar-refractivity contribution is 5.88. The van der Waals surface area contributed by atoms with Crippen molar-refractivity contribution in [3.8, 4) is 23.3 Å². The predicted octanol–water partition coefficient (Wildman–Crippen LogP) is 3.19. The van der Waals surface area contributed by atoms with Crippen LogP contribution < -0.4 is 10.5 Å². The van der Waals surface area contributed by atoms with Crippen LogP contribution in [0.1, 0.15) is 5.56 Å². The molecule has 0 spiro atoms. The molecule has 0 aliphatic rings. The Kier molecular flexibility index (Phi) is 3.05. The number of ether oxygens (including phenoxy) is 1. The maximum absolute atomic E-state index is 9.70. The minimum Gasteiger partial charge on any atom is -0.506 e. The molecule has 3 aromatic rings. The van der Waals surface area contributed by atoms with Crippen molar-refractivity contribution in [2.24, 2.45) is 0 Å². The summed E-state index contributed by atoms with van der Waals surface area (Å²) in [6, 6.07) is 13.6. The van der Waals surface area contributed by atoms with Crippen LogP contribution in [0.15, 0.2) is 48.7 Å². The monoisotopic (exact) mass is 277 g/mol. The molecule has 5 nitrogen and oxygen atoms in total. The lowest BCUT2D eigenvalue weighted by molar-refractivity contribution is 0.473. The summed E-state index contributed by atoms with van der Waals surface area (Å²) in [5.41, 5.74) is 7.02. The Morgan fingerprint density at radius 2 is 1.90 bits per heavy atom. The Morgan fingerprint density at radius 1 is 1.14 bits per heavy atom. The molecule has 0 saturated carbocycles. The maximum Gasteiger partial charge on any atom is 0.138 e. The van der Waals surface area contributed by atoms with E-state index in [0.717, 1.165) is 0 Å². The molecule has 3 N–H and O–H groups in total. The normalized spacial score (nSPS) is 10.2. The number of hydrogen-bond donors (Lipinski definition) is 2. The number of hydrogen-bond acceptors (Lipinski definition) is 5. The van der Waals surface area contributed by atoms with Crippen LogP contribution in [-0.4, -0.2) is 10.1 Å². The van der Waals surface area contributed by atoms with Gasteiger partial charge in [0.1, 0.15) is 23.3 Å². The van der Waals surface area contributed by atoms with Crippen LogP contribution in [0, 0.1) is 11.3 Å². The number of pyridine rings is 1. The van der Waals surface area contributed by atoms with Crippen molar-refractivity contribution in [1.82, 2.24) is 4.98 Å². The van der Waals surface area contributed by atoms with E-state index in [1.54, 1.807) is 42.6 Å². The Balaban J connectivity index is 2.10. The average Bonchev–Trinajstić information content (AvgIpc) is 2.49. The van der Waals surface area contributed by atoms with E-state index in [2.05, 4.69) is 4.98 Å². The third kappa shape index (κ3) is 2.42. The fourth-order valence-corrected chi connectivity index (χ4v) is 2.00. The zero-order valence-electron chi connectivity index (χ0n) is 10.9. The molecule has 0 bridgehead atoms. The molecule has 0 fully saturated rings.